The fraction of sp³-hybridized carbons (Fsp3) is 0.667. The first-order chi connectivity index (χ1) is 24.9. The van der Waals surface area contributed by atoms with E-state index in [-0.39, 0.29) is 28.0 Å². The number of hydrogen-bond donors (Lipinski definition) is 1. The predicted molar refractivity (Wildman–Crippen MR) is 235 cm³/mol. The van der Waals surface area contributed by atoms with Crippen LogP contribution < -0.4 is 5.32 Å². The molecule has 0 aliphatic carbocycles. The van der Waals surface area contributed by atoms with Gasteiger partial charge in [-0.05, 0) is 80.1 Å². The van der Waals surface area contributed by atoms with E-state index in [1.165, 1.54) is 68.2 Å². The van der Waals surface area contributed by atoms with Crippen LogP contribution in [0.1, 0.15) is 130 Å². The molecule has 0 aliphatic heterocycles. The molecule has 1 unspecified atom stereocenters. The largest absolute Gasteiger partial charge is 0.445 e. The lowest BCUT2D eigenvalue weighted by Crippen LogP contribution is -2.58. The number of ether oxygens (including phenoxy) is 1. The minimum Gasteiger partial charge on any atom is -0.445 e. The van der Waals surface area contributed by atoms with Crippen LogP contribution >= 0.6 is 11.8 Å². The summed E-state index contributed by atoms with van der Waals surface area (Å²) < 4.78 is 20.2. The van der Waals surface area contributed by atoms with Crippen LogP contribution in [0, 0.1) is 6.92 Å². The van der Waals surface area contributed by atoms with Crippen molar-refractivity contribution in [3.8, 4) is 0 Å². The number of allylic oxidation sites excluding steroid dienone is 2. The van der Waals surface area contributed by atoms with Gasteiger partial charge in [0.25, 0.3) is 0 Å². The van der Waals surface area contributed by atoms with Gasteiger partial charge in [0.1, 0.15) is 6.61 Å². The van der Waals surface area contributed by atoms with Crippen LogP contribution in [0.25, 0.3) is 0 Å². The van der Waals surface area contributed by atoms with Crippen LogP contribution in [-0.2, 0) is 20.2 Å². The zero-order valence-corrected chi connectivity index (χ0v) is 38.6. The molecule has 2 aromatic carbocycles. The maximum atomic E-state index is 13.7. The molecule has 5 nitrogen and oxygen atoms in total. The van der Waals surface area contributed by atoms with Gasteiger partial charge in [0.2, 0.25) is 0 Å². The fourth-order valence-electron chi connectivity index (χ4n) is 5.55. The number of alkyl carbamates (subject to hydrolysis) is 1. The lowest BCUT2D eigenvalue weighted by Gasteiger charge is -2.45. The Bertz CT molecular complexity index is 1320. The summed E-state index contributed by atoms with van der Waals surface area (Å²) >= 11 is 1.85. The van der Waals surface area contributed by atoms with Crippen molar-refractivity contribution in [3.63, 3.8) is 0 Å². The van der Waals surface area contributed by atoms with Crippen LogP contribution in [0.4, 0.5) is 4.79 Å². The third kappa shape index (κ3) is 18.1. The lowest BCUT2D eigenvalue weighted by atomic mass is 10.0. The number of rotatable bonds is 24. The number of benzene rings is 2. The standard InChI is InChI=1S/C45H77NO4SSi2/c1-13-14-15-16-17-18-19-20-21-22-23-27-30-41(51-39-33-31-37(2)32-34-39)42(50-53(11,12)45(6,7)8)40(36-49-52(9,10)44(3,4)5)46-43(47)48-35-38-28-25-24-26-29-38/h23-29,31-34,40-42H,13-22,30,35-36H2,1-12H3,(H,46,47)/b27-23-/t40-,41?,42+/m1/s1. The smallest absolute Gasteiger partial charge is 0.407 e. The molecule has 0 bridgehead atoms. The number of carbonyl (C=O) groups is 1. The van der Waals surface area contributed by atoms with E-state index in [1.807, 2.05) is 42.1 Å². The highest BCUT2D eigenvalue weighted by Crippen LogP contribution is 2.41. The molecule has 0 aliphatic rings. The molecule has 2 aromatic rings. The van der Waals surface area contributed by atoms with Crippen molar-refractivity contribution in [3.05, 3.63) is 77.9 Å². The van der Waals surface area contributed by atoms with E-state index in [1.54, 1.807) is 0 Å². The van der Waals surface area contributed by atoms with E-state index < -0.39 is 28.8 Å². The first-order valence-corrected chi connectivity index (χ1v) is 27.2. The number of carbonyl (C=O) groups excluding carboxylic acids is 1. The summed E-state index contributed by atoms with van der Waals surface area (Å²) in [7, 11) is -4.47. The second kappa shape index (κ2) is 23.3. The molecule has 0 radical (unpaired) electrons. The minimum atomic E-state index is -2.31. The van der Waals surface area contributed by atoms with Crippen molar-refractivity contribution in [2.24, 2.45) is 0 Å². The second-order valence-electron chi connectivity index (χ2n) is 18.0. The summed E-state index contributed by atoms with van der Waals surface area (Å²) in [6, 6.07) is 18.2. The summed E-state index contributed by atoms with van der Waals surface area (Å²) in [5.74, 6) is 0. The SMILES string of the molecule is CCCCCCCCCCC/C=C\CC(Sc1ccc(C)cc1)[C@@H](O[Si](C)(C)C(C)(C)C)[C@@H](CO[Si](C)(C)C(C)(C)C)NC(=O)OCc1ccccc1. The third-order valence-corrected chi connectivity index (χ3v) is 21.5. The van der Waals surface area contributed by atoms with Crippen molar-refractivity contribution in [1.29, 1.82) is 0 Å². The van der Waals surface area contributed by atoms with Crippen LogP contribution in [-0.4, -0.2) is 46.7 Å². The molecule has 53 heavy (non-hydrogen) atoms. The Balaban J connectivity index is 2.41. The highest BCUT2D eigenvalue weighted by Gasteiger charge is 2.45. The van der Waals surface area contributed by atoms with E-state index in [4.69, 9.17) is 13.6 Å². The maximum Gasteiger partial charge on any atom is 0.407 e. The highest BCUT2D eigenvalue weighted by atomic mass is 32.2. The molecule has 0 fully saturated rings. The van der Waals surface area contributed by atoms with Gasteiger partial charge in [-0.3, -0.25) is 0 Å². The third-order valence-electron chi connectivity index (χ3n) is 11.3. The molecule has 1 N–H and O–H groups in total. The zero-order valence-electron chi connectivity index (χ0n) is 35.8. The number of hydrogen-bond acceptors (Lipinski definition) is 5. The van der Waals surface area contributed by atoms with Crippen LogP contribution in [0.2, 0.25) is 36.3 Å². The molecular weight excluding hydrogens is 707 g/mol. The summed E-state index contributed by atoms with van der Waals surface area (Å²) in [4.78, 5) is 14.9. The van der Waals surface area contributed by atoms with Crippen molar-refractivity contribution >= 4 is 34.5 Å². The molecule has 3 atom stereocenters. The molecule has 0 aromatic heterocycles. The van der Waals surface area contributed by atoms with Gasteiger partial charge in [0.15, 0.2) is 16.6 Å². The van der Waals surface area contributed by atoms with E-state index in [0.29, 0.717) is 6.61 Å². The van der Waals surface area contributed by atoms with Crippen molar-refractivity contribution < 1.29 is 18.4 Å². The van der Waals surface area contributed by atoms with E-state index in [0.717, 1.165) is 18.4 Å². The molecule has 0 saturated heterocycles. The summed E-state index contributed by atoms with van der Waals surface area (Å²) in [5, 5.41) is 3.34. The lowest BCUT2D eigenvalue weighted by molar-refractivity contribution is 0.0829. The summed E-state index contributed by atoms with van der Waals surface area (Å²) in [6.45, 7) is 27.8. The van der Waals surface area contributed by atoms with Gasteiger partial charge in [-0.2, -0.15) is 0 Å². The first-order valence-electron chi connectivity index (χ1n) is 20.5. The van der Waals surface area contributed by atoms with E-state index in [9.17, 15) is 4.79 Å². The van der Waals surface area contributed by atoms with Crippen LogP contribution in [0.5, 0.6) is 0 Å². The maximum absolute atomic E-state index is 13.7. The normalized spacial score (nSPS) is 14.6. The molecule has 0 saturated carbocycles. The van der Waals surface area contributed by atoms with Gasteiger partial charge >= 0.3 is 6.09 Å². The number of amides is 1. The molecule has 1 amide bonds. The zero-order chi connectivity index (χ0) is 39.5. The van der Waals surface area contributed by atoms with Gasteiger partial charge in [-0.1, -0.05) is 160 Å². The highest BCUT2D eigenvalue weighted by molar-refractivity contribution is 8.00. The molecule has 300 valence electrons. The Kier molecular flexibility index (Phi) is 20.8. The van der Waals surface area contributed by atoms with Gasteiger partial charge in [0, 0.05) is 10.1 Å². The molecule has 2 rings (SSSR count). The van der Waals surface area contributed by atoms with Crippen molar-refractivity contribution in [2.45, 2.75) is 191 Å². The minimum absolute atomic E-state index is 0.0190. The summed E-state index contributed by atoms with van der Waals surface area (Å²) in [5.41, 5.74) is 2.19. The topological polar surface area (TPSA) is 56.8 Å². The fourth-order valence-corrected chi connectivity index (χ4v) is 9.27. The number of thioether (sulfide) groups is 1. The molecular formula is C45H77NO4SSi2. The monoisotopic (exact) mass is 784 g/mol. The second-order valence-corrected chi connectivity index (χ2v) is 28.9. The number of aryl methyl sites for hydroxylation is 1. The van der Waals surface area contributed by atoms with Gasteiger partial charge in [-0.25, -0.2) is 4.79 Å². The van der Waals surface area contributed by atoms with Crippen LogP contribution in [0.15, 0.2) is 71.6 Å². The predicted octanol–water partition coefficient (Wildman–Crippen LogP) is 14.0. The van der Waals surface area contributed by atoms with Crippen molar-refractivity contribution in [2.75, 3.05) is 6.61 Å². The molecule has 0 spiro atoms. The van der Waals surface area contributed by atoms with E-state index in [2.05, 4.69) is 123 Å². The Labute approximate surface area is 332 Å². The number of unbranched alkanes of at least 4 members (excludes halogenated alkanes) is 9. The average Bonchev–Trinajstić information content (AvgIpc) is 3.08. The van der Waals surface area contributed by atoms with Gasteiger partial charge in [-0.15, -0.1) is 11.8 Å². The molecule has 0 heterocycles. The Hall–Kier alpha value is -1.85. The summed E-state index contributed by atoms with van der Waals surface area (Å²) in [6.07, 6.45) is 17.9. The van der Waals surface area contributed by atoms with Gasteiger partial charge < -0.3 is 18.9 Å². The van der Waals surface area contributed by atoms with E-state index >= 15 is 0 Å². The quantitative estimate of drug-likeness (QED) is 0.0497. The Morgan fingerprint density at radius 1 is 0.774 bits per heavy atom. The Morgan fingerprint density at radius 3 is 1.91 bits per heavy atom. The molecule has 8 heteroatoms. The number of nitrogens with one attached hydrogen (secondary N) is 1. The van der Waals surface area contributed by atoms with Crippen molar-refractivity contribution in [1.82, 2.24) is 5.32 Å². The Morgan fingerprint density at radius 2 is 1.34 bits per heavy atom. The van der Waals surface area contributed by atoms with Gasteiger partial charge in [0.05, 0.1) is 18.8 Å². The van der Waals surface area contributed by atoms with Crippen LogP contribution in [0.3, 0.4) is 0 Å². The average molecular weight is 784 g/mol. The first kappa shape index (κ1) is 47.3.